The van der Waals surface area contributed by atoms with Crippen molar-refractivity contribution in [2.75, 3.05) is 26.3 Å². The summed E-state index contributed by atoms with van der Waals surface area (Å²) in [6.45, 7) is 8.51. The lowest BCUT2D eigenvalue weighted by atomic mass is 9.81. The van der Waals surface area contributed by atoms with Crippen molar-refractivity contribution < 1.29 is 4.74 Å². The molecule has 0 saturated carbocycles. The molecule has 2 heterocycles. The molecule has 18 heavy (non-hydrogen) atoms. The van der Waals surface area contributed by atoms with Gasteiger partial charge in [0.25, 0.3) is 0 Å². The summed E-state index contributed by atoms with van der Waals surface area (Å²) in [5, 5.41) is 0. The van der Waals surface area contributed by atoms with Gasteiger partial charge in [0.05, 0.1) is 6.61 Å². The van der Waals surface area contributed by atoms with Gasteiger partial charge in [-0.05, 0) is 39.2 Å². The lowest BCUT2D eigenvalue weighted by molar-refractivity contribution is 0.0109. The highest BCUT2D eigenvalue weighted by Crippen LogP contribution is 2.35. The third-order valence-corrected chi connectivity index (χ3v) is 5.23. The van der Waals surface area contributed by atoms with Crippen molar-refractivity contribution in [2.24, 2.45) is 11.7 Å². The first kappa shape index (κ1) is 14.3. The first-order valence-electron chi connectivity index (χ1n) is 7.77. The van der Waals surface area contributed by atoms with E-state index >= 15 is 0 Å². The molecule has 2 rings (SSSR count). The van der Waals surface area contributed by atoms with Gasteiger partial charge in [-0.1, -0.05) is 19.8 Å². The van der Waals surface area contributed by atoms with Crippen molar-refractivity contribution >= 4 is 0 Å². The summed E-state index contributed by atoms with van der Waals surface area (Å²) >= 11 is 0. The number of likely N-dealkylation sites (tertiary alicyclic amines) is 1. The molecule has 0 aromatic rings. The molecule has 2 fully saturated rings. The molecule has 0 radical (unpaired) electrons. The first-order chi connectivity index (χ1) is 8.72. The van der Waals surface area contributed by atoms with E-state index in [1.165, 1.54) is 45.1 Å². The van der Waals surface area contributed by atoms with Gasteiger partial charge in [-0.15, -0.1) is 0 Å². The average Bonchev–Trinajstić information content (AvgIpc) is 2.83. The molecular formula is C15H30N2O. The Bertz CT molecular complexity index is 253. The third-order valence-electron chi connectivity index (χ3n) is 5.23. The van der Waals surface area contributed by atoms with E-state index in [1.54, 1.807) is 0 Å². The molecule has 0 spiro atoms. The molecule has 2 N–H and O–H groups in total. The van der Waals surface area contributed by atoms with E-state index in [4.69, 9.17) is 10.5 Å². The zero-order chi connectivity index (χ0) is 13.0. The molecule has 0 aromatic carbocycles. The Labute approximate surface area is 112 Å². The van der Waals surface area contributed by atoms with Gasteiger partial charge in [0.15, 0.2) is 0 Å². The standard InChI is InChI=1S/C15H30N2O/c1-3-14-7-5-4-6-9-17(14)15(2,12-16)13-8-10-18-11-13/h13-14H,3-12,16H2,1-2H3. The lowest BCUT2D eigenvalue weighted by Crippen LogP contribution is -2.60. The van der Waals surface area contributed by atoms with Crippen LogP contribution in [0.25, 0.3) is 0 Å². The van der Waals surface area contributed by atoms with E-state index in [9.17, 15) is 0 Å². The minimum absolute atomic E-state index is 0.140. The smallest absolute Gasteiger partial charge is 0.0513 e. The molecule has 106 valence electrons. The van der Waals surface area contributed by atoms with Gasteiger partial charge in [-0.25, -0.2) is 0 Å². The fourth-order valence-electron chi connectivity index (χ4n) is 3.82. The second-order valence-corrected chi connectivity index (χ2v) is 6.23. The number of nitrogens with zero attached hydrogens (tertiary/aromatic N) is 1. The van der Waals surface area contributed by atoms with Gasteiger partial charge < -0.3 is 10.5 Å². The van der Waals surface area contributed by atoms with Crippen molar-refractivity contribution in [3.05, 3.63) is 0 Å². The fraction of sp³-hybridized carbons (Fsp3) is 1.00. The van der Waals surface area contributed by atoms with Crippen molar-refractivity contribution in [3.8, 4) is 0 Å². The van der Waals surface area contributed by atoms with E-state index in [2.05, 4.69) is 18.7 Å². The van der Waals surface area contributed by atoms with Gasteiger partial charge in [0.2, 0.25) is 0 Å². The van der Waals surface area contributed by atoms with Crippen LogP contribution < -0.4 is 5.73 Å². The Balaban J connectivity index is 2.16. The summed E-state index contributed by atoms with van der Waals surface area (Å²) < 4.78 is 5.61. The highest BCUT2D eigenvalue weighted by Gasteiger charge is 2.42. The maximum atomic E-state index is 6.19. The largest absolute Gasteiger partial charge is 0.381 e. The topological polar surface area (TPSA) is 38.5 Å². The molecule has 0 aliphatic carbocycles. The number of nitrogens with two attached hydrogens (primary N) is 1. The van der Waals surface area contributed by atoms with Crippen molar-refractivity contribution in [2.45, 2.75) is 64.0 Å². The summed E-state index contributed by atoms with van der Waals surface area (Å²) in [6, 6.07) is 0.724. The number of ether oxygens (including phenoxy) is 1. The van der Waals surface area contributed by atoms with Crippen LogP contribution in [0.1, 0.15) is 52.4 Å². The van der Waals surface area contributed by atoms with E-state index in [0.29, 0.717) is 5.92 Å². The zero-order valence-corrected chi connectivity index (χ0v) is 12.2. The second-order valence-electron chi connectivity index (χ2n) is 6.23. The molecule has 3 heteroatoms. The van der Waals surface area contributed by atoms with Crippen LogP contribution in [0.4, 0.5) is 0 Å². The molecule has 3 nitrogen and oxygen atoms in total. The Kier molecular flexibility index (Phi) is 5.05. The highest BCUT2D eigenvalue weighted by molar-refractivity contribution is 4.98. The maximum absolute atomic E-state index is 6.19. The van der Waals surface area contributed by atoms with E-state index in [1.807, 2.05) is 0 Å². The van der Waals surface area contributed by atoms with Gasteiger partial charge in [-0.2, -0.15) is 0 Å². The third kappa shape index (κ3) is 2.73. The fourth-order valence-corrected chi connectivity index (χ4v) is 3.82. The van der Waals surface area contributed by atoms with Crippen LogP contribution in [0.15, 0.2) is 0 Å². The van der Waals surface area contributed by atoms with Crippen LogP contribution in [-0.4, -0.2) is 42.8 Å². The molecule has 2 saturated heterocycles. The van der Waals surface area contributed by atoms with Crippen LogP contribution in [0.3, 0.4) is 0 Å². The zero-order valence-electron chi connectivity index (χ0n) is 12.2. The first-order valence-corrected chi connectivity index (χ1v) is 7.77. The molecule has 3 atom stereocenters. The summed E-state index contributed by atoms with van der Waals surface area (Å²) in [5.74, 6) is 0.620. The summed E-state index contributed by atoms with van der Waals surface area (Å²) in [4.78, 5) is 2.74. The number of rotatable bonds is 4. The lowest BCUT2D eigenvalue weighted by Gasteiger charge is -2.48. The minimum atomic E-state index is 0.140. The number of hydrogen-bond acceptors (Lipinski definition) is 3. The molecule has 0 bridgehead atoms. The van der Waals surface area contributed by atoms with Crippen molar-refractivity contribution in [3.63, 3.8) is 0 Å². The van der Waals surface area contributed by atoms with Gasteiger partial charge >= 0.3 is 0 Å². The Hall–Kier alpha value is -0.120. The highest BCUT2D eigenvalue weighted by atomic mass is 16.5. The van der Waals surface area contributed by atoms with Gasteiger partial charge in [0.1, 0.15) is 0 Å². The molecule has 0 aromatic heterocycles. The summed E-state index contributed by atoms with van der Waals surface area (Å²) in [7, 11) is 0. The van der Waals surface area contributed by atoms with Gasteiger partial charge in [0, 0.05) is 30.7 Å². The Morgan fingerprint density at radius 1 is 1.28 bits per heavy atom. The quantitative estimate of drug-likeness (QED) is 0.837. The SMILES string of the molecule is CCC1CCCCCN1C(C)(CN)C1CCOC1. The van der Waals surface area contributed by atoms with Crippen LogP contribution >= 0.6 is 0 Å². The van der Waals surface area contributed by atoms with Crippen LogP contribution in [0.2, 0.25) is 0 Å². The van der Waals surface area contributed by atoms with Gasteiger partial charge in [-0.3, -0.25) is 4.90 Å². The molecular weight excluding hydrogens is 224 g/mol. The Morgan fingerprint density at radius 2 is 2.11 bits per heavy atom. The molecule has 2 aliphatic rings. The van der Waals surface area contributed by atoms with Crippen LogP contribution in [-0.2, 0) is 4.74 Å². The van der Waals surface area contributed by atoms with E-state index in [0.717, 1.165) is 25.8 Å². The number of hydrogen-bond donors (Lipinski definition) is 1. The minimum Gasteiger partial charge on any atom is -0.381 e. The van der Waals surface area contributed by atoms with Crippen LogP contribution in [0.5, 0.6) is 0 Å². The van der Waals surface area contributed by atoms with E-state index in [-0.39, 0.29) is 5.54 Å². The summed E-state index contributed by atoms with van der Waals surface area (Å²) in [5.41, 5.74) is 6.33. The maximum Gasteiger partial charge on any atom is 0.0513 e. The predicted molar refractivity (Wildman–Crippen MR) is 75.6 cm³/mol. The molecule has 3 unspecified atom stereocenters. The van der Waals surface area contributed by atoms with Crippen molar-refractivity contribution in [1.82, 2.24) is 4.90 Å². The van der Waals surface area contributed by atoms with E-state index < -0.39 is 0 Å². The summed E-state index contributed by atoms with van der Waals surface area (Å²) in [6.07, 6.45) is 7.88. The Morgan fingerprint density at radius 3 is 2.72 bits per heavy atom. The second kappa shape index (κ2) is 6.36. The molecule has 0 amide bonds. The normalized spacial score (nSPS) is 34.2. The monoisotopic (exact) mass is 254 g/mol. The predicted octanol–water partition coefficient (Wildman–Crippen LogP) is 2.39. The average molecular weight is 254 g/mol. The van der Waals surface area contributed by atoms with Crippen molar-refractivity contribution in [1.29, 1.82) is 0 Å². The van der Waals surface area contributed by atoms with Crippen LogP contribution in [0, 0.1) is 5.92 Å². The molecule has 2 aliphatic heterocycles.